The van der Waals surface area contributed by atoms with Gasteiger partial charge in [-0.15, -0.1) is 0 Å². The highest BCUT2D eigenvalue weighted by Gasteiger charge is 2.18. The first kappa shape index (κ1) is 12.6. The lowest BCUT2D eigenvalue weighted by molar-refractivity contribution is -0.00284. The van der Waals surface area contributed by atoms with Crippen LogP contribution in [0.15, 0.2) is 16.5 Å². The third-order valence-corrected chi connectivity index (χ3v) is 1.85. The summed E-state index contributed by atoms with van der Waals surface area (Å²) in [5, 5.41) is 10.9. The van der Waals surface area contributed by atoms with E-state index in [2.05, 4.69) is 5.32 Å². The second-order valence-electron chi connectivity index (χ2n) is 3.08. The third-order valence-electron chi connectivity index (χ3n) is 1.85. The summed E-state index contributed by atoms with van der Waals surface area (Å²) in [6.07, 6.45) is -4.77. The quantitative estimate of drug-likeness (QED) is 0.673. The van der Waals surface area contributed by atoms with Crippen molar-refractivity contribution in [3.8, 4) is 0 Å². The van der Waals surface area contributed by atoms with Crippen molar-refractivity contribution in [1.29, 1.82) is 0 Å². The van der Waals surface area contributed by atoms with Gasteiger partial charge in [-0.05, 0) is 12.1 Å². The van der Waals surface area contributed by atoms with Crippen molar-refractivity contribution < 1.29 is 23.1 Å². The Bertz CT molecular complexity index is 354. The van der Waals surface area contributed by atoms with E-state index in [0.29, 0.717) is 5.76 Å². The molecule has 7 heteroatoms. The van der Waals surface area contributed by atoms with Crippen LogP contribution in [0.3, 0.4) is 0 Å². The topological polar surface area (TPSA) is 88.5 Å². The van der Waals surface area contributed by atoms with Gasteiger partial charge in [0.25, 0.3) is 12.3 Å². The fraction of sp³-hybridized carbons (Fsp3) is 0.444. The Labute approximate surface area is 90.2 Å². The molecule has 0 radical (unpaired) electrons. The van der Waals surface area contributed by atoms with Crippen molar-refractivity contribution in [2.75, 3.05) is 6.54 Å². The average molecular weight is 234 g/mol. The predicted octanol–water partition coefficient (Wildman–Crippen LogP) is 0.0941. The highest BCUT2D eigenvalue weighted by molar-refractivity contribution is 5.91. The van der Waals surface area contributed by atoms with E-state index in [1.807, 2.05) is 0 Å². The van der Waals surface area contributed by atoms with Gasteiger partial charge >= 0.3 is 0 Å². The van der Waals surface area contributed by atoms with Gasteiger partial charge < -0.3 is 20.6 Å². The van der Waals surface area contributed by atoms with Gasteiger partial charge in [0.15, 0.2) is 5.76 Å². The third kappa shape index (κ3) is 3.28. The van der Waals surface area contributed by atoms with Crippen molar-refractivity contribution in [3.05, 3.63) is 23.7 Å². The number of hydrogen-bond acceptors (Lipinski definition) is 4. The fourth-order valence-electron chi connectivity index (χ4n) is 0.983. The van der Waals surface area contributed by atoms with Crippen LogP contribution in [-0.2, 0) is 6.54 Å². The summed E-state index contributed by atoms with van der Waals surface area (Å²) in [6, 6.07) is 2.89. The highest BCUT2D eigenvalue weighted by Crippen LogP contribution is 2.07. The van der Waals surface area contributed by atoms with E-state index in [0.717, 1.165) is 0 Å². The Morgan fingerprint density at radius 1 is 1.56 bits per heavy atom. The van der Waals surface area contributed by atoms with Crippen molar-refractivity contribution in [3.63, 3.8) is 0 Å². The Kier molecular flexibility index (Phi) is 4.39. The van der Waals surface area contributed by atoms with Crippen LogP contribution in [0.4, 0.5) is 8.78 Å². The summed E-state index contributed by atoms with van der Waals surface area (Å²) in [4.78, 5) is 11.3. The van der Waals surface area contributed by atoms with E-state index in [1.54, 1.807) is 0 Å². The van der Waals surface area contributed by atoms with E-state index in [4.69, 9.17) is 15.3 Å². The molecule has 0 saturated carbocycles. The van der Waals surface area contributed by atoms with Crippen molar-refractivity contribution >= 4 is 5.91 Å². The molecule has 0 aliphatic carbocycles. The first-order valence-corrected chi connectivity index (χ1v) is 4.57. The minimum absolute atomic E-state index is 0.0260. The molecule has 5 nitrogen and oxygen atoms in total. The number of halogens is 2. The number of aliphatic hydroxyl groups excluding tert-OH is 1. The van der Waals surface area contributed by atoms with Gasteiger partial charge in [-0.3, -0.25) is 4.79 Å². The van der Waals surface area contributed by atoms with Crippen LogP contribution >= 0.6 is 0 Å². The maximum absolute atomic E-state index is 11.9. The van der Waals surface area contributed by atoms with Crippen LogP contribution in [0.5, 0.6) is 0 Å². The molecule has 1 aromatic heterocycles. The molecular formula is C9H12F2N2O3. The van der Waals surface area contributed by atoms with E-state index < -0.39 is 25.0 Å². The number of nitrogens with one attached hydrogen (secondary N) is 1. The van der Waals surface area contributed by atoms with Crippen LogP contribution in [0.25, 0.3) is 0 Å². The average Bonchev–Trinajstić information content (AvgIpc) is 2.73. The normalized spacial score (nSPS) is 12.8. The first-order chi connectivity index (χ1) is 7.54. The lowest BCUT2D eigenvalue weighted by Crippen LogP contribution is -2.35. The number of carbonyl (C=O) groups is 1. The summed E-state index contributed by atoms with van der Waals surface area (Å²) in [7, 11) is 0. The van der Waals surface area contributed by atoms with Crippen LogP contribution in [-0.4, -0.2) is 30.1 Å². The molecule has 1 aromatic rings. The van der Waals surface area contributed by atoms with E-state index in [-0.39, 0.29) is 12.3 Å². The van der Waals surface area contributed by atoms with Crippen LogP contribution in [0.1, 0.15) is 16.3 Å². The SMILES string of the molecule is NCc1ccc(C(=O)NCC(O)C(F)F)o1. The summed E-state index contributed by atoms with van der Waals surface area (Å²) >= 11 is 0. The molecule has 1 atom stereocenters. The molecule has 0 bridgehead atoms. The molecule has 0 aromatic carbocycles. The molecule has 1 unspecified atom stereocenters. The number of furan rings is 1. The van der Waals surface area contributed by atoms with Gasteiger partial charge in [-0.25, -0.2) is 8.78 Å². The number of nitrogens with two attached hydrogens (primary N) is 1. The standard InChI is InChI=1S/C9H12F2N2O3/c10-8(11)6(14)4-13-9(15)7-2-1-5(3-12)16-7/h1-2,6,8,14H,3-4,12H2,(H,13,15). The summed E-state index contributed by atoms with van der Waals surface area (Å²) < 4.78 is 28.8. The zero-order chi connectivity index (χ0) is 12.1. The van der Waals surface area contributed by atoms with E-state index >= 15 is 0 Å². The second-order valence-corrected chi connectivity index (χ2v) is 3.08. The lowest BCUT2D eigenvalue weighted by atomic mass is 10.3. The maximum Gasteiger partial charge on any atom is 0.287 e. The molecule has 16 heavy (non-hydrogen) atoms. The second kappa shape index (κ2) is 5.57. The minimum Gasteiger partial charge on any atom is -0.455 e. The Morgan fingerprint density at radius 3 is 2.75 bits per heavy atom. The molecule has 4 N–H and O–H groups in total. The van der Waals surface area contributed by atoms with Gasteiger partial charge in [0.1, 0.15) is 11.9 Å². The number of hydrogen-bond donors (Lipinski definition) is 3. The monoisotopic (exact) mass is 234 g/mol. The van der Waals surface area contributed by atoms with Crippen molar-refractivity contribution in [2.24, 2.45) is 5.73 Å². The largest absolute Gasteiger partial charge is 0.455 e. The predicted molar refractivity (Wildman–Crippen MR) is 50.9 cm³/mol. The summed E-state index contributed by atoms with van der Waals surface area (Å²) in [5.74, 6) is -0.277. The molecular weight excluding hydrogens is 222 g/mol. The fourth-order valence-corrected chi connectivity index (χ4v) is 0.983. The molecule has 1 rings (SSSR count). The number of alkyl halides is 2. The van der Waals surface area contributed by atoms with Gasteiger partial charge in [-0.2, -0.15) is 0 Å². The number of amides is 1. The number of carbonyl (C=O) groups excluding carboxylic acids is 1. The molecule has 0 aliphatic heterocycles. The molecule has 0 spiro atoms. The maximum atomic E-state index is 11.9. The van der Waals surface area contributed by atoms with Crippen molar-refractivity contribution in [2.45, 2.75) is 19.1 Å². The number of aliphatic hydroxyl groups is 1. The Morgan fingerprint density at radius 2 is 2.25 bits per heavy atom. The van der Waals surface area contributed by atoms with Crippen LogP contribution in [0.2, 0.25) is 0 Å². The lowest BCUT2D eigenvalue weighted by Gasteiger charge is -2.09. The number of rotatable bonds is 5. The van der Waals surface area contributed by atoms with Crippen LogP contribution in [0, 0.1) is 0 Å². The summed E-state index contributed by atoms with van der Waals surface area (Å²) in [6.45, 7) is -0.387. The smallest absolute Gasteiger partial charge is 0.287 e. The first-order valence-electron chi connectivity index (χ1n) is 4.57. The van der Waals surface area contributed by atoms with E-state index in [1.165, 1.54) is 12.1 Å². The molecule has 1 amide bonds. The zero-order valence-corrected chi connectivity index (χ0v) is 8.32. The van der Waals surface area contributed by atoms with Crippen molar-refractivity contribution in [1.82, 2.24) is 5.32 Å². The minimum atomic E-state index is -2.89. The zero-order valence-electron chi connectivity index (χ0n) is 8.32. The van der Waals surface area contributed by atoms with Gasteiger partial charge in [0.2, 0.25) is 0 Å². The molecule has 90 valence electrons. The van der Waals surface area contributed by atoms with Crippen LogP contribution < -0.4 is 11.1 Å². The molecule has 0 fully saturated rings. The van der Waals surface area contributed by atoms with Gasteiger partial charge in [0, 0.05) is 6.54 Å². The van der Waals surface area contributed by atoms with Gasteiger partial charge in [-0.1, -0.05) is 0 Å². The molecule has 0 aliphatic rings. The molecule has 0 saturated heterocycles. The highest BCUT2D eigenvalue weighted by atomic mass is 19.3. The molecule has 1 heterocycles. The Balaban J connectivity index is 2.46. The Hall–Kier alpha value is -1.47. The van der Waals surface area contributed by atoms with Gasteiger partial charge in [0.05, 0.1) is 6.54 Å². The summed E-state index contributed by atoms with van der Waals surface area (Å²) in [5.41, 5.74) is 5.26. The van der Waals surface area contributed by atoms with E-state index in [9.17, 15) is 13.6 Å².